The fourth-order valence-corrected chi connectivity index (χ4v) is 4.77. The van der Waals surface area contributed by atoms with Gasteiger partial charge in [-0.1, -0.05) is 37.6 Å². The molecule has 4 atom stereocenters. The zero-order chi connectivity index (χ0) is 25.8. The minimum Gasteiger partial charge on any atom is -0.480 e. The number of carbonyl (C=O) groups is 4. The zero-order valence-corrected chi connectivity index (χ0v) is 20.4. The Labute approximate surface area is 209 Å². The molecule has 36 heavy (non-hydrogen) atoms. The van der Waals surface area contributed by atoms with Crippen molar-refractivity contribution in [3.05, 3.63) is 35.4 Å². The molecular formula is C25H34N4O7. The Morgan fingerprint density at radius 2 is 1.89 bits per heavy atom. The van der Waals surface area contributed by atoms with Gasteiger partial charge in [0.15, 0.2) is 6.10 Å². The van der Waals surface area contributed by atoms with E-state index >= 15 is 0 Å². The summed E-state index contributed by atoms with van der Waals surface area (Å²) >= 11 is 0. The molecule has 2 unspecified atom stereocenters. The standard InChI is InChI=1S/C25H34N4O7/c1-2-5-19(21(30)22(31)26-17-8-9-17)27-24(34)29-14-18(12-20(29)23(32)33)36-25(35)28-11-10-15-6-3-4-7-16(15)13-28/h3-4,6-7,17-21,30H,2,5,8-14H2,1H3,(H,26,31)(H,27,34)(H,32,33)/t18-,19?,20-,21?/m0/s1. The predicted molar refractivity (Wildman–Crippen MR) is 128 cm³/mol. The maximum absolute atomic E-state index is 13.0. The van der Waals surface area contributed by atoms with Gasteiger partial charge >= 0.3 is 18.1 Å². The van der Waals surface area contributed by atoms with Crippen molar-refractivity contribution in [2.75, 3.05) is 13.1 Å². The van der Waals surface area contributed by atoms with E-state index in [1.807, 2.05) is 31.2 Å². The first-order valence-electron chi connectivity index (χ1n) is 12.6. The second-order valence-electron chi connectivity index (χ2n) is 9.76. The lowest BCUT2D eigenvalue weighted by Crippen LogP contribution is -2.55. The van der Waals surface area contributed by atoms with Gasteiger partial charge in [0.1, 0.15) is 12.1 Å². The third-order valence-electron chi connectivity index (χ3n) is 6.95. The van der Waals surface area contributed by atoms with E-state index in [1.165, 1.54) is 5.56 Å². The molecule has 4 N–H and O–H groups in total. The Kier molecular flexibility index (Phi) is 7.97. The fraction of sp³-hybridized carbons (Fsp3) is 0.600. The highest BCUT2D eigenvalue weighted by Gasteiger charge is 2.43. The van der Waals surface area contributed by atoms with Crippen molar-refractivity contribution in [3.63, 3.8) is 0 Å². The highest BCUT2D eigenvalue weighted by Crippen LogP contribution is 2.25. The molecule has 0 bridgehead atoms. The van der Waals surface area contributed by atoms with Gasteiger partial charge in [-0.05, 0) is 36.8 Å². The number of aliphatic hydroxyl groups is 1. The average Bonchev–Trinajstić information content (AvgIpc) is 3.58. The molecule has 0 spiro atoms. The number of likely N-dealkylation sites (tertiary alicyclic amines) is 1. The number of benzene rings is 1. The molecule has 1 aromatic carbocycles. The predicted octanol–water partition coefficient (Wildman–Crippen LogP) is 1.23. The number of carbonyl (C=O) groups excluding carboxylic acids is 3. The third kappa shape index (κ3) is 6.07. The SMILES string of the molecule is CCCC(NC(=O)N1C[C@@H](OC(=O)N2CCc3ccccc3C2)C[C@H]1C(=O)O)C(O)C(=O)NC1CC1. The summed E-state index contributed by atoms with van der Waals surface area (Å²) in [7, 11) is 0. The Hall–Kier alpha value is -3.34. The summed E-state index contributed by atoms with van der Waals surface area (Å²) < 4.78 is 5.60. The number of aliphatic hydroxyl groups excluding tert-OH is 1. The summed E-state index contributed by atoms with van der Waals surface area (Å²) in [6, 6.07) is 5.14. The first kappa shape index (κ1) is 25.7. The lowest BCUT2D eigenvalue weighted by molar-refractivity contribution is -0.141. The van der Waals surface area contributed by atoms with Gasteiger partial charge in [0, 0.05) is 25.6 Å². The highest BCUT2D eigenvalue weighted by atomic mass is 16.6. The summed E-state index contributed by atoms with van der Waals surface area (Å²) in [5.41, 5.74) is 2.23. The van der Waals surface area contributed by atoms with Gasteiger partial charge in [-0.3, -0.25) is 4.79 Å². The van der Waals surface area contributed by atoms with Crippen molar-refractivity contribution >= 4 is 24.0 Å². The number of hydrogen-bond acceptors (Lipinski definition) is 6. The molecule has 1 saturated heterocycles. The maximum atomic E-state index is 13.0. The molecule has 11 nitrogen and oxygen atoms in total. The molecule has 11 heteroatoms. The quantitative estimate of drug-likeness (QED) is 0.418. The maximum Gasteiger partial charge on any atom is 0.410 e. The smallest absolute Gasteiger partial charge is 0.410 e. The number of urea groups is 1. The molecule has 2 fully saturated rings. The van der Waals surface area contributed by atoms with Gasteiger partial charge < -0.3 is 35.4 Å². The molecule has 0 radical (unpaired) electrons. The Morgan fingerprint density at radius 3 is 2.56 bits per heavy atom. The van der Waals surface area contributed by atoms with Gasteiger partial charge in [0.05, 0.1) is 12.6 Å². The number of rotatable bonds is 8. The molecule has 1 saturated carbocycles. The average molecular weight is 503 g/mol. The summed E-state index contributed by atoms with van der Waals surface area (Å²) in [4.78, 5) is 52.7. The van der Waals surface area contributed by atoms with Gasteiger partial charge in [0.2, 0.25) is 0 Å². The van der Waals surface area contributed by atoms with E-state index in [-0.39, 0.29) is 19.0 Å². The van der Waals surface area contributed by atoms with Crippen LogP contribution in [0.1, 0.15) is 50.2 Å². The number of hydrogen-bond donors (Lipinski definition) is 4. The lowest BCUT2D eigenvalue weighted by Gasteiger charge is -2.29. The Balaban J connectivity index is 1.36. The zero-order valence-electron chi connectivity index (χ0n) is 20.4. The molecule has 4 rings (SSSR count). The summed E-state index contributed by atoms with van der Waals surface area (Å²) in [5, 5.41) is 25.5. The van der Waals surface area contributed by atoms with Crippen LogP contribution < -0.4 is 10.6 Å². The molecule has 1 aromatic rings. The molecule has 2 heterocycles. The number of nitrogens with zero attached hydrogens (tertiary/aromatic N) is 2. The van der Waals surface area contributed by atoms with E-state index in [0.717, 1.165) is 23.3 Å². The van der Waals surface area contributed by atoms with Crippen molar-refractivity contribution in [2.45, 2.75) is 82.3 Å². The lowest BCUT2D eigenvalue weighted by atomic mass is 10.0. The van der Waals surface area contributed by atoms with E-state index in [9.17, 15) is 29.4 Å². The van der Waals surface area contributed by atoms with E-state index in [4.69, 9.17) is 4.74 Å². The van der Waals surface area contributed by atoms with Gasteiger partial charge in [-0.15, -0.1) is 0 Å². The van der Waals surface area contributed by atoms with Crippen molar-refractivity contribution in [3.8, 4) is 0 Å². The fourth-order valence-electron chi connectivity index (χ4n) is 4.77. The Bertz CT molecular complexity index is 998. The van der Waals surface area contributed by atoms with Crippen molar-refractivity contribution in [1.29, 1.82) is 0 Å². The number of carboxylic acid groups (broad SMARTS) is 1. The first-order chi connectivity index (χ1) is 17.3. The topological polar surface area (TPSA) is 149 Å². The summed E-state index contributed by atoms with van der Waals surface area (Å²) in [6.07, 6.45) is 0.552. The van der Waals surface area contributed by atoms with Crippen LogP contribution in [-0.4, -0.2) is 87.4 Å². The van der Waals surface area contributed by atoms with E-state index < -0.39 is 48.3 Å². The minimum absolute atomic E-state index is 0.0396. The molecular weight excluding hydrogens is 468 g/mol. The molecule has 3 aliphatic rings. The molecule has 196 valence electrons. The summed E-state index contributed by atoms with van der Waals surface area (Å²) in [5.74, 6) is -1.77. The molecule has 1 aliphatic carbocycles. The van der Waals surface area contributed by atoms with Gasteiger partial charge in [-0.25, -0.2) is 14.4 Å². The van der Waals surface area contributed by atoms with E-state index in [1.54, 1.807) is 4.90 Å². The van der Waals surface area contributed by atoms with Crippen LogP contribution in [0.4, 0.5) is 9.59 Å². The van der Waals surface area contributed by atoms with Gasteiger partial charge in [-0.2, -0.15) is 0 Å². The second-order valence-corrected chi connectivity index (χ2v) is 9.76. The number of carboxylic acids is 1. The Morgan fingerprint density at radius 1 is 1.17 bits per heavy atom. The van der Waals surface area contributed by atoms with Crippen molar-refractivity contribution in [1.82, 2.24) is 20.4 Å². The van der Waals surface area contributed by atoms with Crippen LogP contribution >= 0.6 is 0 Å². The second kappa shape index (κ2) is 11.2. The van der Waals surface area contributed by atoms with Crippen LogP contribution in [0.5, 0.6) is 0 Å². The normalized spacial score (nSPS) is 22.8. The molecule has 0 aromatic heterocycles. The largest absolute Gasteiger partial charge is 0.480 e. The molecule has 2 aliphatic heterocycles. The number of amides is 4. The number of nitrogens with one attached hydrogen (secondary N) is 2. The van der Waals surface area contributed by atoms with Crippen LogP contribution in [0.25, 0.3) is 0 Å². The van der Waals surface area contributed by atoms with Crippen LogP contribution in [0.2, 0.25) is 0 Å². The first-order valence-corrected chi connectivity index (χ1v) is 12.6. The number of aliphatic carboxylic acids is 1. The van der Waals surface area contributed by atoms with Crippen LogP contribution in [0.15, 0.2) is 24.3 Å². The van der Waals surface area contributed by atoms with Gasteiger partial charge in [0.25, 0.3) is 5.91 Å². The molecule has 4 amide bonds. The monoisotopic (exact) mass is 502 g/mol. The van der Waals surface area contributed by atoms with Crippen molar-refractivity contribution < 1.29 is 34.1 Å². The number of ether oxygens (including phenoxy) is 1. The van der Waals surface area contributed by atoms with Crippen LogP contribution in [0.3, 0.4) is 0 Å². The third-order valence-corrected chi connectivity index (χ3v) is 6.95. The van der Waals surface area contributed by atoms with Crippen LogP contribution in [0, 0.1) is 0 Å². The van der Waals surface area contributed by atoms with Crippen molar-refractivity contribution in [2.24, 2.45) is 0 Å². The number of fused-ring (bicyclic) bond motifs is 1. The summed E-state index contributed by atoms with van der Waals surface area (Å²) in [6.45, 7) is 2.67. The van der Waals surface area contributed by atoms with E-state index in [2.05, 4.69) is 10.6 Å². The van der Waals surface area contributed by atoms with E-state index in [0.29, 0.717) is 32.4 Å². The minimum atomic E-state index is -1.45. The highest BCUT2D eigenvalue weighted by molar-refractivity contribution is 5.86. The van der Waals surface area contributed by atoms with Crippen LogP contribution in [-0.2, 0) is 27.3 Å².